The smallest absolute Gasteiger partial charge is 0.267 e. The van der Waals surface area contributed by atoms with E-state index in [2.05, 4.69) is 10.6 Å². The van der Waals surface area contributed by atoms with Gasteiger partial charge in [-0.05, 0) is 35.7 Å². The summed E-state index contributed by atoms with van der Waals surface area (Å²) in [5.74, 6) is -0.191. The van der Waals surface area contributed by atoms with E-state index in [-0.39, 0.29) is 17.5 Å². The fraction of sp³-hybridized carbons (Fsp3) is 0.200. The molecule has 160 valence electrons. The second kappa shape index (κ2) is 11.5. The van der Waals surface area contributed by atoms with Crippen LogP contribution in [0, 0.1) is 5.92 Å². The van der Waals surface area contributed by atoms with Crippen LogP contribution in [0.5, 0.6) is 0 Å². The molecule has 0 aliphatic rings. The van der Waals surface area contributed by atoms with Crippen molar-refractivity contribution < 1.29 is 18.7 Å². The van der Waals surface area contributed by atoms with Crippen molar-refractivity contribution >= 4 is 17.9 Å². The first-order chi connectivity index (χ1) is 15.1. The summed E-state index contributed by atoms with van der Waals surface area (Å²) < 4.78 is 11.0. The van der Waals surface area contributed by atoms with Gasteiger partial charge in [-0.1, -0.05) is 55.5 Å². The molecule has 0 saturated heterocycles. The number of amides is 2. The molecule has 2 N–H and O–H groups in total. The number of hydrogen-bond acceptors (Lipinski definition) is 4. The molecule has 0 bridgehead atoms. The molecule has 1 heterocycles. The van der Waals surface area contributed by atoms with Gasteiger partial charge in [0.1, 0.15) is 11.5 Å². The van der Waals surface area contributed by atoms with Crippen molar-refractivity contribution in [1.82, 2.24) is 10.6 Å². The molecule has 2 aromatic carbocycles. The Morgan fingerprint density at radius 2 is 1.71 bits per heavy atom. The minimum atomic E-state index is -0.393. The van der Waals surface area contributed by atoms with Crippen molar-refractivity contribution in [1.29, 1.82) is 0 Å². The number of carbonyl (C=O) groups is 2. The molecule has 0 fully saturated rings. The van der Waals surface area contributed by atoms with E-state index < -0.39 is 5.91 Å². The Labute approximate surface area is 181 Å². The Morgan fingerprint density at radius 1 is 1.00 bits per heavy atom. The van der Waals surface area contributed by atoms with Crippen LogP contribution in [0.15, 0.2) is 89.2 Å². The highest BCUT2D eigenvalue weighted by Crippen LogP contribution is 2.08. The van der Waals surface area contributed by atoms with Crippen molar-refractivity contribution in [3.63, 3.8) is 0 Å². The van der Waals surface area contributed by atoms with E-state index in [1.807, 2.05) is 43.3 Å². The van der Waals surface area contributed by atoms with Gasteiger partial charge in [0.15, 0.2) is 0 Å². The second-order valence-corrected chi connectivity index (χ2v) is 7.21. The minimum absolute atomic E-state index is 0.0994. The molecule has 0 spiro atoms. The van der Waals surface area contributed by atoms with Crippen LogP contribution in [0.4, 0.5) is 0 Å². The third-order valence-electron chi connectivity index (χ3n) is 4.48. The van der Waals surface area contributed by atoms with E-state index in [0.29, 0.717) is 31.1 Å². The lowest BCUT2D eigenvalue weighted by Gasteiger charge is -2.15. The molecule has 1 atom stereocenters. The van der Waals surface area contributed by atoms with Gasteiger partial charge in [-0.15, -0.1) is 0 Å². The first-order valence-electron chi connectivity index (χ1n) is 10.1. The summed E-state index contributed by atoms with van der Waals surface area (Å²) >= 11 is 0. The molecule has 3 aromatic rings. The van der Waals surface area contributed by atoms with Crippen LogP contribution >= 0.6 is 0 Å². The summed E-state index contributed by atoms with van der Waals surface area (Å²) in [6, 6.07) is 22.1. The van der Waals surface area contributed by atoms with Crippen LogP contribution in [0.1, 0.15) is 28.6 Å². The number of benzene rings is 2. The van der Waals surface area contributed by atoms with Crippen molar-refractivity contribution in [2.24, 2.45) is 5.92 Å². The molecule has 3 rings (SSSR count). The number of carbonyl (C=O) groups excluding carboxylic acids is 2. The molecule has 0 radical (unpaired) electrons. The zero-order chi connectivity index (χ0) is 21.9. The van der Waals surface area contributed by atoms with E-state index in [9.17, 15) is 9.59 Å². The fourth-order valence-electron chi connectivity index (χ4n) is 2.83. The summed E-state index contributed by atoms with van der Waals surface area (Å²) in [4.78, 5) is 25.3. The average Bonchev–Trinajstić information content (AvgIpc) is 3.31. The third-order valence-corrected chi connectivity index (χ3v) is 4.48. The number of hydrogen-bond donors (Lipinski definition) is 2. The molecule has 0 aliphatic heterocycles. The summed E-state index contributed by atoms with van der Waals surface area (Å²) in [6.07, 6.45) is 3.01. The van der Waals surface area contributed by atoms with E-state index in [4.69, 9.17) is 9.15 Å². The first kappa shape index (κ1) is 22.1. The Bertz CT molecular complexity index is 983. The fourth-order valence-corrected chi connectivity index (χ4v) is 2.83. The maximum atomic E-state index is 12.8. The minimum Gasteiger partial charge on any atom is -0.465 e. The monoisotopic (exact) mass is 418 g/mol. The quantitative estimate of drug-likeness (QED) is 0.488. The molecule has 6 heteroatoms. The summed E-state index contributed by atoms with van der Waals surface area (Å²) in [6.45, 7) is 3.42. The van der Waals surface area contributed by atoms with E-state index in [1.165, 1.54) is 12.3 Å². The van der Waals surface area contributed by atoms with Crippen LogP contribution in [0.25, 0.3) is 6.08 Å². The summed E-state index contributed by atoms with van der Waals surface area (Å²) in [7, 11) is 0. The van der Waals surface area contributed by atoms with Gasteiger partial charge in [-0.2, -0.15) is 0 Å². The van der Waals surface area contributed by atoms with Crippen molar-refractivity contribution in [2.45, 2.75) is 13.5 Å². The average molecular weight is 418 g/mol. The molecular formula is C25H26N2O4. The Kier molecular flexibility index (Phi) is 8.20. The number of nitrogens with one attached hydrogen (secondary N) is 2. The Hall–Kier alpha value is -3.64. The SMILES string of the molecule is CC(CNC(=O)/C(=C/c1ccco1)NC(=O)c1ccccc1)COCc1ccccc1. The molecular weight excluding hydrogens is 392 g/mol. The predicted molar refractivity (Wildman–Crippen MR) is 119 cm³/mol. The van der Waals surface area contributed by atoms with Gasteiger partial charge in [0.05, 0.1) is 19.5 Å². The maximum absolute atomic E-state index is 12.8. The van der Waals surface area contributed by atoms with Crippen molar-refractivity contribution in [3.8, 4) is 0 Å². The summed E-state index contributed by atoms with van der Waals surface area (Å²) in [5, 5.41) is 5.54. The normalized spacial score (nSPS) is 12.2. The molecule has 2 amide bonds. The molecule has 6 nitrogen and oxygen atoms in total. The molecule has 1 unspecified atom stereocenters. The molecule has 1 aromatic heterocycles. The highest BCUT2D eigenvalue weighted by atomic mass is 16.5. The van der Waals surface area contributed by atoms with Gasteiger partial charge < -0.3 is 19.8 Å². The van der Waals surface area contributed by atoms with Crippen LogP contribution in [-0.2, 0) is 16.1 Å². The van der Waals surface area contributed by atoms with Gasteiger partial charge in [0.2, 0.25) is 0 Å². The van der Waals surface area contributed by atoms with Gasteiger partial charge in [0, 0.05) is 18.2 Å². The lowest BCUT2D eigenvalue weighted by molar-refractivity contribution is -0.118. The van der Waals surface area contributed by atoms with Crippen LogP contribution in [-0.4, -0.2) is 25.0 Å². The second-order valence-electron chi connectivity index (χ2n) is 7.21. The van der Waals surface area contributed by atoms with Crippen LogP contribution in [0.2, 0.25) is 0 Å². The zero-order valence-corrected chi connectivity index (χ0v) is 17.4. The highest BCUT2D eigenvalue weighted by molar-refractivity contribution is 6.05. The Balaban J connectivity index is 1.55. The zero-order valence-electron chi connectivity index (χ0n) is 17.4. The molecule has 0 aliphatic carbocycles. The van der Waals surface area contributed by atoms with Gasteiger partial charge >= 0.3 is 0 Å². The number of rotatable bonds is 10. The summed E-state index contributed by atoms with van der Waals surface area (Å²) in [5.41, 5.74) is 1.68. The van der Waals surface area contributed by atoms with Gasteiger partial charge in [-0.25, -0.2) is 0 Å². The lowest BCUT2D eigenvalue weighted by atomic mass is 10.2. The highest BCUT2D eigenvalue weighted by Gasteiger charge is 2.16. The maximum Gasteiger partial charge on any atom is 0.267 e. The van der Waals surface area contributed by atoms with Crippen LogP contribution < -0.4 is 10.6 Å². The van der Waals surface area contributed by atoms with Crippen LogP contribution in [0.3, 0.4) is 0 Å². The number of furan rings is 1. The standard InChI is InChI=1S/C25H26N2O4/c1-19(17-30-18-20-9-4-2-5-10-20)16-26-25(29)23(15-22-13-8-14-31-22)27-24(28)21-11-6-3-7-12-21/h2-15,19H,16-18H2,1H3,(H,26,29)(H,27,28)/b23-15-. The lowest BCUT2D eigenvalue weighted by Crippen LogP contribution is -2.37. The van der Waals surface area contributed by atoms with E-state index in [1.54, 1.807) is 36.4 Å². The predicted octanol–water partition coefficient (Wildman–Crippen LogP) is 4.02. The third kappa shape index (κ3) is 7.28. The van der Waals surface area contributed by atoms with Gasteiger partial charge in [-0.3, -0.25) is 9.59 Å². The van der Waals surface area contributed by atoms with Crippen molar-refractivity contribution in [3.05, 3.63) is 102 Å². The Morgan fingerprint density at radius 3 is 2.39 bits per heavy atom. The molecule has 31 heavy (non-hydrogen) atoms. The van der Waals surface area contributed by atoms with E-state index >= 15 is 0 Å². The first-order valence-corrected chi connectivity index (χ1v) is 10.1. The number of ether oxygens (including phenoxy) is 1. The van der Waals surface area contributed by atoms with E-state index in [0.717, 1.165) is 5.56 Å². The largest absolute Gasteiger partial charge is 0.465 e. The van der Waals surface area contributed by atoms with Crippen molar-refractivity contribution in [2.75, 3.05) is 13.2 Å². The molecule has 0 saturated carbocycles. The topological polar surface area (TPSA) is 80.6 Å². The van der Waals surface area contributed by atoms with Gasteiger partial charge in [0.25, 0.3) is 11.8 Å².